The molecule has 0 spiro atoms. The van der Waals surface area contributed by atoms with Crippen molar-refractivity contribution < 1.29 is 0 Å². The van der Waals surface area contributed by atoms with Gasteiger partial charge in [0.15, 0.2) is 0 Å². The van der Waals surface area contributed by atoms with Crippen molar-refractivity contribution in [3.63, 3.8) is 0 Å². The van der Waals surface area contributed by atoms with E-state index in [2.05, 4.69) is 79.0 Å². The summed E-state index contributed by atoms with van der Waals surface area (Å²) < 4.78 is 3.71. The Morgan fingerprint density at radius 2 is 1.58 bits per heavy atom. The zero-order chi connectivity index (χ0) is 20.5. The highest BCUT2D eigenvalue weighted by molar-refractivity contribution is 7.96. The molecule has 0 aromatic heterocycles. The molecule has 0 bridgehead atoms. The molecule has 0 heterocycles. The molecule has 0 saturated heterocycles. The zero-order valence-electron chi connectivity index (χ0n) is 19.1. The summed E-state index contributed by atoms with van der Waals surface area (Å²) in [5.41, 5.74) is 6.48. The first-order valence-corrected chi connectivity index (χ1v) is 11.9. The Morgan fingerprint density at radius 3 is 2.04 bits per heavy atom. The normalized spacial score (nSPS) is 22.5. The molecule has 0 fully saturated rings. The van der Waals surface area contributed by atoms with E-state index in [0.717, 1.165) is 18.3 Å². The minimum Gasteiger partial charge on any atom is -0.325 e. The lowest BCUT2D eigenvalue weighted by atomic mass is 9.71. The molecule has 0 aliphatic carbocycles. The van der Waals surface area contributed by atoms with E-state index in [4.69, 9.17) is 5.73 Å². The van der Waals surface area contributed by atoms with Gasteiger partial charge in [0.2, 0.25) is 0 Å². The lowest BCUT2D eigenvalue weighted by molar-refractivity contribution is 0.158. The smallest absolute Gasteiger partial charge is 0.0226 e. The molecule has 8 atom stereocenters. The summed E-state index contributed by atoms with van der Waals surface area (Å²) in [6, 6.07) is 0.499. The van der Waals surface area contributed by atoms with Gasteiger partial charge in [0.1, 0.15) is 0 Å². The van der Waals surface area contributed by atoms with E-state index < -0.39 is 0 Å². The van der Waals surface area contributed by atoms with Gasteiger partial charge in [-0.2, -0.15) is 0 Å². The maximum atomic E-state index is 6.58. The topological polar surface area (TPSA) is 38.0 Å². The SMILES string of the molecule is C=CC(C)C[C@H](C)CC(C)C[C@@H](C)C(NSC)C(C)C(C)[C@](C)(N)CC. The molecule has 0 rings (SSSR count). The summed E-state index contributed by atoms with van der Waals surface area (Å²) in [4.78, 5) is 0. The summed E-state index contributed by atoms with van der Waals surface area (Å²) in [5.74, 6) is 3.83. The zero-order valence-corrected chi connectivity index (χ0v) is 20.0. The van der Waals surface area contributed by atoms with Crippen LogP contribution in [0.1, 0.15) is 81.1 Å². The molecule has 0 amide bonds. The minimum atomic E-state index is -0.0988. The molecule has 0 radical (unpaired) electrons. The van der Waals surface area contributed by atoms with Gasteiger partial charge in [0, 0.05) is 11.6 Å². The van der Waals surface area contributed by atoms with Crippen molar-refractivity contribution in [1.29, 1.82) is 0 Å². The van der Waals surface area contributed by atoms with E-state index in [9.17, 15) is 0 Å². The Balaban J connectivity index is 4.85. The molecule has 156 valence electrons. The average molecular weight is 385 g/mol. The van der Waals surface area contributed by atoms with E-state index in [1.807, 2.05) is 0 Å². The van der Waals surface area contributed by atoms with Gasteiger partial charge in [-0.15, -0.1) is 6.58 Å². The van der Waals surface area contributed by atoms with Crippen LogP contribution in [-0.4, -0.2) is 17.8 Å². The third-order valence-corrected chi connectivity index (χ3v) is 7.29. The van der Waals surface area contributed by atoms with Gasteiger partial charge in [-0.1, -0.05) is 66.5 Å². The van der Waals surface area contributed by atoms with E-state index in [1.54, 1.807) is 11.9 Å². The van der Waals surface area contributed by atoms with Crippen LogP contribution in [0.3, 0.4) is 0 Å². The van der Waals surface area contributed by atoms with Crippen LogP contribution in [0.2, 0.25) is 0 Å². The Labute approximate surface area is 169 Å². The highest BCUT2D eigenvalue weighted by Crippen LogP contribution is 2.34. The van der Waals surface area contributed by atoms with Gasteiger partial charge < -0.3 is 5.73 Å². The molecule has 0 aliphatic rings. The predicted molar refractivity (Wildman–Crippen MR) is 122 cm³/mol. The molecule has 5 unspecified atom stereocenters. The minimum absolute atomic E-state index is 0.0988. The molecule has 2 nitrogen and oxygen atoms in total. The van der Waals surface area contributed by atoms with Gasteiger partial charge in [0.25, 0.3) is 0 Å². The molecular formula is C23H48N2S. The summed E-state index contributed by atoms with van der Waals surface area (Å²) >= 11 is 1.75. The lowest BCUT2D eigenvalue weighted by Gasteiger charge is -2.41. The van der Waals surface area contributed by atoms with Gasteiger partial charge >= 0.3 is 0 Å². The Kier molecular flexibility index (Phi) is 12.5. The summed E-state index contributed by atoms with van der Waals surface area (Å²) in [6.45, 7) is 22.6. The van der Waals surface area contributed by atoms with Crippen LogP contribution in [0, 0.1) is 35.5 Å². The summed E-state index contributed by atoms with van der Waals surface area (Å²) in [5, 5.41) is 0. The Hall–Kier alpha value is 0.01000. The van der Waals surface area contributed by atoms with E-state index in [1.165, 1.54) is 19.3 Å². The number of nitrogens with one attached hydrogen (secondary N) is 1. The van der Waals surface area contributed by atoms with Gasteiger partial charge in [-0.05, 0) is 74.4 Å². The predicted octanol–water partition coefficient (Wildman–Crippen LogP) is 6.52. The third-order valence-electron chi connectivity index (χ3n) is 6.78. The van der Waals surface area contributed by atoms with Crippen LogP contribution < -0.4 is 10.5 Å². The molecule has 3 heteroatoms. The number of rotatable bonds is 14. The summed E-state index contributed by atoms with van der Waals surface area (Å²) in [6.07, 6.45) is 9.08. The fourth-order valence-electron chi connectivity index (χ4n) is 4.50. The lowest BCUT2D eigenvalue weighted by Crippen LogP contribution is -2.50. The molecule has 0 aromatic carbocycles. The molecule has 0 saturated carbocycles. The van der Waals surface area contributed by atoms with Crippen LogP contribution in [0.15, 0.2) is 12.7 Å². The van der Waals surface area contributed by atoms with E-state index in [-0.39, 0.29) is 5.54 Å². The largest absolute Gasteiger partial charge is 0.325 e. The van der Waals surface area contributed by atoms with Crippen LogP contribution in [-0.2, 0) is 0 Å². The molecule has 0 aromatic rings. The van der Waals surface area contributed by atoms with Gasteiger partial charge in [0.05, 0.1) is 0 Å². The number of allylic oxidation sites excluding steroid dienone is 1. The van der Waals surface area contributed by atoms with Gasteiger partial charge in [-0.3, -0.25) is 4.72 Å². The maximum Gasteiger partial charge on any atom is 0.0226 e. The second kappa shape index (κ2) is 12.5. The first kappa shape index (κ1) is 26.0. The Bertz CT molecular complexity index is 382. The standard InChI is InChI=1S/C23H48N2S/c1-11-16(3)13-17(4)14-18(5)15-19(6)22(25-26-10)20(7)21(8)23(9,24)12-2/h11,16-22,25H,1,12-15,24H2,2-10H3/t16?,17-,18?,19+,20?,21?,22?,23+/m0/s1. The third kappa shape index (κ3) is 8.80. The van der Waals surface area contributed by atoms with Crippen molar-refractivity contribution in [3.8, 4) is 0 Å². The van der Waals surface area contributed by atoms with Crippen LogP contribution >= 0.6 is 11.9 Å². The van der Waals surface area contributed by atoms with Crippen molar-refractivity contribution in [1.82, 2.24) is 4.72 Å². The molecular weight excluding hydrogens is 336 g/mol. The Morgan fingerprint density at radius 1 is 1.04 bits per heavy atom. The van der Waals surface area contributed by atoms with E-state index in [0.29, 0.717) is 29.7 Å². The van der Waals surface area contributed by atoms with Crippen molar-refractivity contribution >= 4 is 11.9 Å². The van der Waals surface area contributed by atoms with Crippen molar-refractivity contribution in [2.75, 3.05) is 6.26 Å². The number of hydrogen-bond donors (Lipinski definition) is 2. The number of nitrogens with two attached hydrogens (primary N) is 1. The average Bonchev–Trinajstić information content (AvgIpc) is 2.57. The van der Waals surface area contributed by atoms with Crippen LogP contribution in [0.4, 0.5) is 0 Å². The van der Waals surface area contributed by atoms with Crippen LogP contribution in [0.5, 0.6) is 0 Å². The van der Waals surface area contributed by atoms with Crippen LogP contribution in [0.25, 0.3) is 0 Å². The van der Waals surface area contributed by atoms with E-state index >= 15 is 0 Å². The molecule has 3 N–H and O–H groups in total. The number of hydrogen-bond acceptors (Lipinski definition) is 3. The second-order valence-electron chi connectivity index (χ2n) is 9.46. The maximum absolute atomic E-state index is 6.58. The molecule has 26 heavy (non-hydrogen) atoms. The fraction of sp³-hybridized carbons (Fsp3) is 0.913. The monoisotopic (exact) mass is 384 g/mol. The van der Waals surface area contributed by atoms with Crippen molar-refractivity contribution in [2.45, 2.75) is 92.7 Å². The first-order chi connectivity index (χ1) is 12.0. The fourth-order valence-corrected chi connectivity index (χ4v) is 5.22. The highest BCUT2D eigenvalue weighted by Gasteiger charge is 2.35. The van der Waals surface area contributed by atoms with Crippen molar-refractivity contribution in [3.05, 3.63) is 12.7 Å². The van der Waals surface area contributed by atoms with Crippen molar-refractivity contribution in [2.24, 2.45) is 41.2 Å². The van der Waals surface area contributed by atoms with Gasteiger partial charge in [-0.25, -0.2) is 0 Å². The quantitative estimate of drug-likeness (QED) is 0.264. The first-order valence-electron chi connectivity index (χ1n) is 10.7. The second-order valence-corrected chi connectivity index (χ2v) is 10.1. The highest BCUT2D eigenvalue weighted by atomic mass is 32.2. The summed E-state index contributed by atoms with van der Waals surface area (Å²) in [7, 11) is 0. The molecule has 0 aliphatic heterocycles.